The van der Waals surface area contributed by atoms with Crippen LogP contribution in [0.5, 0.6) is 0 Å². The number of rotatable bonds is 7. The van der Waals surface area contributed by atoms with Gasteiger partial charge in [0.1, 0.15) is 0 Å². The third-order valence-electron chi connectivity index (χ3n) is 3.60. The van der Waals surface area contributed by atoms with Gasteiger partial charge in [-0.1, -0.05) is 30.3 Å². The number of ether oxygens (including phenoxy) is 2. The highest BCUT2D eigenvalue weighted by atomic mass is 19.4. The fourth-order valence-electron chi connectivity index (χ4n) is 2.43. The number of aromatic amines is 1. The van der Waals surface area contributed by atoms with Crippen LogP contribution >= 0.6 is 0 Å². The van der Waals surface area contributed by atoms with E-state index in [9.17, 15) is 18.0 Å². The Bertz CT molecular complexity index is 955. The zero-order valence-electron chi connectivity index (χ0n) is 13.9. The van der Waals surface area contributed by atoms with Crippen LogP contribution in [0.25, 0.3) is 11.2 Å². The summed E-state index contributed by atoms with van der Waals surface area (Å²) in [4.78, 5) is 21.3. The van der Waals surface area contributed by atoms with Crippen LogP contribution < -0.4 is 11.3 Å². The number of nitrogens with one attached hydrogen (secondary N) is 1. The first kappa shape index (κ1) is 18.9. The van der Waals surface area contributed by atoms with Crippen molar-refractivity contribution >= 4 is 17.1 Å². The molecule has 0 radical (unpaired) electrons. The maximum atomic E-state index is 13.4. The average molecular weight is 383 g/mol. The molecule has 0 saturated carbocycles. The third-order valence-corrected chi connectivity index (χ3v) is 3.60. The van der Waals surface area contributed by atoms with Crippen molar-refractivity contribution in [2.45, 2.75) is 19.0 Å². The molecule has 1 atom stereocenters. The summed E-state index contributed by atoms with van der Waals surface area (Å²) in [7, 11) is 0. The Morgan fingerprint density at radius 2 is 1.96 bits per heavy atom. The van der Waals surface area contributed by atoms with Crippen molar-refractivity contribution in [3.63, 3.8) is 0 Å². The van der Waals surface area contributed by atoms with Gasteiger partial charge in [-0.3, -0.25) is 14.3 Å². The molecule has 0 aliphatic rings. The number of nitrogens with two attached hydrogens (primary N) is 1. The lowest BCUT2D eigenvalue weighted by Crippen LogP contribution is -2.30. The highest BCUT2D eigenvalue weighted by molar-refractivity contribution is 5.70. The number of alkyl halides is 3. The molecule has 0 amide bonds. The molecule has 0 fully saturated rings. The van der Waals surface area contributed by atoms with E-state index in [2.05, 4.69) is 15.0 Å². The van der Waals surface area contributed by atoms with Crippen LogP contribution in [0.4, 0.5) is 19.1 Å². The SMILES string of the molecule is Nc1nc2c(ncn2C(OCCOCc2ccccc2)C(F)(F)F)c(=O)[nH]1. The van der Waals surface area contributed by atoms with Gasteiger partial charge in [-0.25, -0.2) is 4.98 Å². The summed E-state index contributed by atoms with van der Waals surface area (Å²) in [5.41, 5.74) is 4.99. The largest absolute Gasteiger partial charge is 0.434 e. The Morgan fingerprint density at radius 1 is 1.22 bits per heavy atom. The van der Waals surface area contributed by atoms with Crippen molar-refractivity contribution < 1.29 is 22.6 Å². The van der Waals surface area contributed by atoms with E-state index >= 15 is 0 Å². The zero-order chi connectivity index (χ0) is 19.4. The van der Waals surface area contributed by atoms with Crippen LogP contribution in [0.2, 0.25) is 0 Å². The van der Waals surface area contributed by atoms with Gasteiger partial charge in [0.2, 0.25) is 12.2 Å². The minimum Gasteiger partial charge on any atom is -0.374 e. The standard InChI is InChI=1S/C16H16F3N5O3/c17-16(18,19)14(27-7-6-26-8-10-4-2-1-3-5-10)24-9-21-11-12(24)22-15(20)23-13(11)25/h1-5,9,14H,6-8H2,(H3,20,22,23,25). The van der Waals surface area contributed by atoms with Gasteiger partial charge in [-0.15, -0.1) is 0 Å². The van der Waals surface area contributed by atoms with Crippen LogP contribution in [0, 0.1) is 0 Å². The predicted molar refractivity (Wildman–Crippen MR) is 89.7 cm³/mol. The summed E-state index contributed by atoms with van der Waals surface area (Å²) in [6.07, 6.45) is -6.29. The van der Waals surface area contributed by atoms with Crippen molar-refractivity contribution in [3.05, 3.63) is 52.6 Å². The summed E-state index contributed by atoms with van der Waals surface area (Å²) in [5, 5.41) is 0. The molecule has 0 aliphatic heterocycles. The van der Waals surface area contributed by atoms with Crippen LogP contribution in [0.1, 0.15) is 11.8 Å². The molecule has 144 valence electrons. The third kappa shape index (κ3) is 4.44. The molecule has 2 heterocycles. The predicted octanol–water partition coefficient (Wildman–Crippen LogP) is 2.00. The maximum absolute atomic E-state index is 13.4. The van der Waals surface area contributed by atoms with Gasteiger partial charge < -0.3 is 15.2 Å². The van der Waals surface area contributed by atoms with Crippen molar-refractivity contribution in [1.29, 1.82) is 0 Å². The van der Waals surface area contributed by atoms with E-state index in [1.54, 1.807) is 0 Å². The molecule has 1 aromatic carbocycles. The number of hydrogen-bond acceptors (Lipinski definition) is 6. The van der Waals surface area contributed by atoms with Gasteiger partial charge in [0, 0.05) is 0 Å². The molecule has 11 heteroatoms. The zero-order valence-corrected chi connectivity index (χ0v) is 13.9. The van der Waals surface area contributed by atoms with E-state index < -0.39 is 18.0 Å². The normalized spacial score (nSPS) is 13.1. The maximum Gasteiger partial charge on any atom is 0.434 e. The Labute approximate surface area is 150 Å². The first-order valence-electron chi connectivity index (χ1n) is 7.88. The van der Waals surface area contributed by atoms with Crippen molar-refractivity contribution in [1.82, 2.24) is 19.5 Å². The summed E-state index contributed by atoms with van der Waals surface area (Å²) in [6.45, 7) is -0.123. The first-order valence-corrected chi connectivity index (χ1v) is 7.88. The van der Waals surface area contributed by atoms with Crippen LogP contribution in [-0.2, 0) is 16.1 Å². The molecule has 1 unspecified atom stereocenters. The van der Waals surface area contributed by atoms with E-state index in [0.29, 0.717) is 4.57 Å². The highest BCUT2D eigenvalue weighted by Crippen LogP contribution is 2.33. The number of aromatic nitrogens is 4. The van der Waals surface area contributed by atoms with Gasteiger partial charge in [0.05, 0.1) is 26.1 Å². The molecule has 8 nitrogen and oxygen atoms in total. The quantitative estimate of drug-likeness (QED) is 0.604. The minimum absolute atomic E-state index is 0.0513. The van der Waals surface area contributed by atoms with E-state index in [-0.39, 0.29) is 36.9 Å². The Balaban J connectivity index is 1.69. The van der Waals surface area contributed by atoms with E-state index in [4.69, 9.17) is 15.2 Å². The summed E-state index contributed by atoms with van der Waals surface area (Å²) in [5.74, 6) is -0.318. The lowest BCUT2D eigenvalue weighted by molar-refractivity contribution is -0.251. The topological polar surface area (TPSA) is 108 Å². The second-order valence-electron chi connectivity index (χ2n) is 5.58. The molecule has 0 bridgehead atoms. The highest BCUT2D eigenvalue weighted by Gasteiger charge is 2.43. The number of benzene rings is 1. The molecule has 3 N–H and O–H groups in total. The number of anilines is 1. The lowest BCUT2D eigenvalue weighted by Gasteiger charge is -2.22. The summed E-state index contributed by atoms with van der Waals surface area (Å²) in [6, 6.07) is 9.19. The van der Waals surface area contributed by atoms with Crippen LogP contribution in [0.3, 0.4) is 0 Å². The molecule has 3 aromatic rings. The molecular weight excluding hydrogens is 367 g/mol. The minimum atomic E-state index is -4.76. The Kier molecular flexibility index (Phi) is 5.42. The Hall–Kier alpha value is -2.92. The van der Waals surface area contributed by atoms with Gasteiger partial charge in [0.15, 0.2) is 11.2 Å². The van der Waals surface area contributed by atoms with E-state index in [1.807, 2.05) is 30.3 Å². The van der Waals surface area contributed by atoms with E-state index in [0.717, 1.165) is 11.9 Å². The van der Waals surface area contributed by atoms with Crippen molar-refractivity contribution in [3.8, 4) is 0 Å². The molecule has 0 aliphatic carbocycles. The number of fused-ring (bicyclic) bond motifs is 1. The number of imidazole rings is 1. The number of hydrogen-bond donors (Lipinski definition) is 2. The monoisotopic (exact) mass is 383 g/mol. The van der Waals surface area contributed by atoms with Gasteiger partial charge in [-0.05, 0) is 5.56 Å². The van der Waals surface area contributed by atoms with Crippen molar-refractivity contribution in [2.24, 2.45) is 0 Å². The lowest BCUT2D eigenvalue weighted by atomic mass is 10.2. The second-order valence-corrected chi connectivity index (χ2v) is 5.58. The molecule has 27 heavy (non-hydrogen) atoms. The molecule has 3 rings (SSSR count). The summed E-state index contributed by atoms with van der Waals surface area (Å²) < 4.78 is 51.2. The fraction of sp³-hybridized carbons (Fsp3) is 0.312. The van der Waals surface area contributed by atoms with Gasteiger partial charge in [-0.2, -0.15) is 18.2 Å². The Morgan fingerprint density at radius 3 is 2.67 bits per heavy atom. The van der Waals surface area contributed by atoms with Crippen LogP contribution in [-0.4, -0.2) is 38.9 Å². The molecular formula is C16H16F3N5O3. The first-order chi connectivity index (χ1) is 12.9. The number of nitrogen functional groups attached to an aromatic ring is 1. The van der Waals surface area contributed by atoms with Gasteiger partial charge in [0.25, 0.3) is 5.56 Å². The van der Waals surface area contributed by atoms with Gasteiger partial charge >= 0.3 is 6.18 Å². The smallest absolute Gasteiger partial charge is 0.374 e. The number of H-pyrrole nitrogens is 1. The number of nitrogens with zero attached hydrogens (tertiary/aromatic N) is 3. The summed E-state index contributed by atoms with van der Waals surface area (Å²) >= 11 is 0. The second kappa shape index (κ2) is 7.76. The molecule has 2 aromatic heterocycles. The average Bonchev–Trinajstić information content (AvgIpc) is 3.01. The van der Waals surface area contributed by atoms with Crippen molar-refractivity contribution in [2.75, 3.05) is 18.9 Å². The van der Waals surface area contributed by atoms with Crippen LogP contribution in [0.15, 0.2) is 41.5 Å². The fourth-order valence-corrected chi connectivity index (χ4v) is 2.43. The number of halogens is 3. The molecule has 0 spiro atoms. The molecule has 0 saturated heterocycles. The van der Waals surface area contributed by atoms with E-state index in [1.165, 1.54) is 0 Å².